The summed E-state index contributed by atoms with van der Waals surface area (Å²) >= 11 is 2.00. The molecule has 4 nitrogen and oxygen atoms in total. The van der Waals surface area contributed by atoms with Crippen molar-refractivity contribution in [1.82, 2.24) is 20.2 Å². The molecule has 1 saturated heterocycles. The molecule has 1 N–H and O–H groups in total. The van der Waals surface area contributed by atoms with Gasteiger partial charge in [0.2, 0.25) is 0 Å². The molecule has 0 saturated carbocycles. The Morgan fingerprint density at radius 2 is 2.00 bits per heavy atom. The molecule has 1 aliphatic rings. The van der Waals surface area contributed by atoms with Crippen LogP contribution in [0.1, 0.15) is 35.7 Å². The van der Waals surface area contributed by atoms with E-state index >= 15 is 0 Å². The Morgan fingerprint density at radius 1 is 1.32 bits per heavy atom. The summed E-state index contributed by atoms with van der Waals surface area (Å²) in [5.74, 6) is 3.30. The summed E-state index contributed by atoms with van der Waals surface area (Å²) < 4.78 is 0. The van der Waals surface area contributed by atoms with Crippen molar-refractivity contribution in [3.63, 3.8) is 0 Å². The van der Waals surface area contributed by atoms with E-state index in [0.29, 0.717) is 6.04 Å². The highest BCUT2D eigenvalue weighted by atomic mass is 32.2. The van der Waals surface area contributed by atoms with Gasteiger partial charge in [-0.05, 0) is 27.4 Å². The molecule has 0 bridgehead atoms. The predicted octanol–water partition coefficient (Wildman–Crippen LogP) is 1.92. The molecule has 1 aliphatic heterocycles. The molecular weight excluding hydrogens is 256 g/mol. The predicted molar refractivity (Wildman–Crippen MR) is 81.6 cm³/mol. The lowest BCUT2D eigenvalue weighted by Crippen LogP contribution is -2.34. The smallest absolute Gasteiger partial charge is 0.146 e. The minimum absolute atomic E-state index is 0.365. The number of nitrogens with zero attached hydrogens (tertiary/aromatic N) is 3. The van der Waals surface area contributed by atoms with E-state index in [4.69, 9.17) is 9.97 Å². The van der Waals surface area contributed by atoms with Crippen LogP contribution in [0.15, 0.2) is 0 Å². The maximum atomic E-state index is 4.75. The average molecular weight is 280 g/mol. The van der Waals surface area contributed by atoms with E-state index in [2.05, 4.69) is 38.0 Å². The van der Waals surface area contributed by atoms with Crippen molar-refractivity contribution < 1.29 is 0 Å². The summed E-state index contributed by atoms with van der Waals surface area (Å²) in [6.45, 7) is 9.28. The number of aromatic nitrogens is 2. The molecule has 0 radical (unpaired) electrons. The van der Waals surface area contributed by atoms with E-state index in [9.17, 15) is 0 Å². The number of hydrogen-bond acceptors (Lipinski definition) is 5. The lowest BCUT2D eigenvalue weighted by Gasteiger charge is -2.31. The molecule has 0 spiro atoms. The third-order valence-corrected chi connectivity index (χ3v) is 4.71. The second-order valence-electron chi connectivity index (χ2n) is 5.08. The number of hydrogen-bond donors (Lipinski definition) is 1. The number of thioether (sulfide) groups is 1. The van der Waals surface area contributed by atoms with Crippen molar-refractivity contribution in [2.45, 2.75) is 33.4 Å². The first-order valence-electron chi connectivity index (χ1n) is 6.96. The van der Waals surface area contributed by atoms with E-state index in [-0.39, 0.29) is 0 Å². The van der Waals surface area contributed by atoms with Gasteiger partial charge < -0.3 is 5.32 Å². The molecule has 5 heteroatoms. The lowest BCUT2D eigenvalue weighted by atomic mass is 10.1. The van der Waals surface area contributed by atoms with Gasteiger partial charge in [-0.25, -0.2) is 9.97 Å². The Morgan fingerprint density at radius 3 is 2.58 bits per heavy atom. The van der Waals surface area contributed by atoms with E-state index in [0.717, 1.165) is 42.6 Å². The second-order valence-corrected chi connectivity index (χ2v) is 6.23. The number of aryl methyl sites for hydroxylation is 2. The van der Waals surface area contributed by atoms with E-state index < -0.39 is 0 Å². The summed E-state index contributed by atoms with van der Waals surface area (Å²) in [6.07, 6.45) is 0. The van der Waals surface area contributed by atoms with Gasteiger partial charge in [-0.3, -0.25) is 4.90 Å². The standard InChI is InChI=1S/C14H24N4S/c1-5-15-8-12-10(2)16-14(17-11(12)3)13-9-19-7-6-18(13)4/h13,15H,5-9H2,1-4H3. The Hall–Kier alpha value is -0.650. The summed E-state index contributed by atoms with van der Waals surface area (Å²) in [7, 11) is 2.17. The Kier molecular flexibility index (Phi) is 5.19. The van der Waals surface area contributed by atoms with Crippen LogP contribution in [-0.4, -0.2) is 46.5 Å². The van der Waals surface area contributed by atoms with Crippen molar-refractivity contribution in [2.75, 3.05) is 31.6 Å². The van der Waals surface area contributed by atoms with Crippen LogP contribution in [0.25, 0.3) is 0 Å². The highest BCUT2D eigenvalue weighted by Gasteiger charge is 2.24. The fraction of sp³-hybridized carbons (Fsp3) is 0.714. The third-order valence-electron chi connectivity index (χ3n) is 3.68. The Labute approximate surface area is 120 Å². The highest BCUT2D eigenvalue weighted by molar-refractivity contribution is 7.99. The van der Waals surface area contributed by atoms with Gasteiger partial charge in [-0.15, -0.1) is 0 Å². The van der Waals surface area contributed by atoms with Gasteiger partial charge in [0.25, 0.3) is 0 Å². The molecule has 1 aromatic heterocycles. The molecule has 19 heavy (non-hydrogen) atoms. The van der Waals surface area contributed by atoms with Gasteiger partial charge in [0.1, 0.15) is 5.82 Å². The second kappa shape index (κ2) is 6.68. The maximum absolute atomic E-state index is 4.75. The third kappa shape index (κ3) is 3.46. The topological polar surface area (TPSA) is 41.1 Å². The normalized spacial score (nSPS) is 20.7. The first-order valence-corrected chi connectivity index (χ1v) is 8.11. The molecular formula is C14H24N4S. The van der Waals surface area contributed by atoms with Gasteiger partial charge in [0.15, 0.2) is 0 Å². The van der Waals surface area contributed by atoms with E-state index in [1.807, 2.05) is 11.8 Å². The fourth-order valence-electron chi connectivity index (χ4n) is 2.38. The quantitative estimate of drug-likeness (QED) is 0.912. The van der Waals surface area contributed by atoms with Crippen LogP contribution in [0, 0.1) is 13.8 Å². The zero-order valence-electron chi connectivity index (χ0n) is 12.4. The molecule has 0 amide bonds. The summed E-state index contributed by atoms with van der Waals surface area (Å²) in [6, 6.07) is 0.365. The molecule has 1 aromatic rings. The largest absolute Gasteiger partial charge is 0.313 e. The first-order chi connectivity index (χ1) is 9.13. The van der Waals surface area contributed by atoms with E-state index in [1.165, 1.54) is 11.3 Å². The van der Waals surface area contributed by atoms with Crippen LogP contribution in [0.3, 0.4) is 0 Å². The fourth-order valence-corrected chi connectivity index (χ4v) is 3.59. The monoisotopic (exact) mass is 280 g/mol. The van der Waals surface area contributed by atoms with E-state index in [1.54, 1.807) is 0 Å². The zero-order chi connectivity index (χ0) is 13.8. The number of nitrogens with one attached hydrogen (secondary N) is 1. The molecule has 1 unspecified atom stereocenters. The number of rotatable bonds is 4. The van der Waals surface area contributed by atoms with Gasteiger partial charge in [0, 0.05) is 41.5 Å². The van der Waals surface area contributed by atoms with Crippen molar-refractivity contribution in [2.24, 2.45) is 0 Å². The van der Waals surface area contributed by atoms with Crippen molar-refractivity contribution in [1.29, 1.82) is 0 Å². The van der Waals surface area contributed by atoms with Gasteiger partial charge in [-0.2, -0.15) is 11.8 Å². The molecule has 106 valence electrons. The van der Waals surface area contributed by atoms with Gasteiger partial charge in [0.05, 0.1) is 6.04 Å². The Bertz CT molecular complexity index is 412. The van der Waals surface area contributed by atoms with Crippen molar-refractivity contribution in [3.05, 3.63) is 22.8 Å². The SMILES string of the molecule is CCNCc1c(C)nc(C2CSCCN2C)nc1C. The summed E-state index contributed by atoms with van der Waals surface area (Å²) in [4.78, 5) is 11.9. The van der Waals surface area contributed by atoms with Crippen molar-refractivity contribution in [3.8, 4) is 0 Å². The molecule has 2 heterocycles. The Balaban J connectivity index is 2.23. The first kappa shape index (κ1) is 14.8. The van der Waals surface area contributed by atoms with Gasteiger partial charge >= 0.3 is 0 Å². The van der Waals surface area contributed by atoms with Crippen LogP contribution in [0.2, 0.25) is 0 Å². The maximum Gasteiger partial charge on any atom is 0.146 e. The molecule has 1 atom stereocenters. The van der Waals surface area contributed by atoms with Crippen LogP contribution in [0.5, 0.6) is 0 Å². The molecule has 0 aliphatic carbocycles. The summed E-state index contributed by atoms with van der Waals surface area (Å²) in [5.41, 5.74) is 3.48. The molecule has 0 aromatic carbocycles. The van der Waals surface area contributed by atoms with Gasteiger partial charge in [-0.1, -0.05) is 6.92 Å². The van der Waals surface area contributed by atoms with Crippen molar-refractivity contribution >= 4 is 11.8 Å². The molecule has 2 rings (SSSR count). The average Bonchev–Trinajstić information content (AvgIpc) is 2.38. The zero-order valence-corrected chi connectivity index (χ0v) is 13.2. The minimum Gasteiger partial charge on any atom is -0.313 e. The van der Waals surface area contributed by atoms with Crippen LogP contribution >= 0.6 is 11.8 Å². The summed E-state index contributed by atoms with van der Waals surface area (Å²) in [5, 5.41) is 3.36. The minimum atomic E-state index is 0.365. The van der Waals surface area contributed by atoms with Crippen LogP contribution in [0.4, 0.5) is 0 Å². The highest BCUT2D eigenvalue weighted by Crippen LogP contribution is 2.26. The molecule has 1 fully saturated rings. The lowest BCUT2D eigenvalue weighted by molar-refractivity contribution is 0.263. The van der Waals surface area contributed by atoms with Crippen LogP contribution < -0.4 is 5.32 Å². The van der Waals surface area contributed by atoms with Crippen LogP contribution in [-0.2, 0) is 6.54 Å².